The zero-order chi connectivity index (χ0) is 25.9. The van der Waals surface area contributed by atoms with Gasteiger partial charge < -0.3 is 9.84 Å². The summed E-state index contributed by atoms with van der Waals surface area (Å²) in [5.41, 5.74) is -0.0242. The van der Waals surface area contributed by atoms with E-state index in [0.29, 0.717) is 29.4 Å². The number of nitrogens with zero attached hydrogens (tertiary/aromatic N) is 4. The summed E-state index contributed by atoms with van der Waals surface area (Å²) in [5, 5.41) is 11.4. The lowest BCUT2D eigenvalue weighted by molar-refractivity contribution is 0.107. The summed E-state index contributed by atoms with van der Waals surface area (Å²) in [7, 11) is 0. The zero-order valence-corrected chi connectivity index (χ0v) is 20.1. The topological polar surface area (TPSA) is 71.4 Å². The predicted molar refractivity (Wildman–Crippen MR) is 133 cm³/mol. The van der Waals surface area contributed by atoms with E-state index >= 15 is 4.39 Å². The van der Waals surface area contributed by atoms with Crippen molar-refractivity contribution in [1.82, 2.24) is 19.9 Å². The van der Waals surface area contributed by atoms with Crippen LogP contribution in [0.15, 0.2) is 30.5 Å². The van der Waals surface area contributed by atoms with Crippen molar-refractivity contribution in [1.29, 1.82) is 0 Å². The molecule has 0 amide bonds. The number of hydrogen-bond donors (Lipinski definition) is 1. The highest BCUT2D eigenvalue weighted by molar-refractivity contribution is 6.02. The van der Waals surface area contributed by atoms with Crippen LogP contribution in [-0.2, 0) is 0 Å². The maximum atomic E-state index is 16.0. The molecule has 2 aliphatic rings. The van der Waals surface area contributed by atoms with Crippen molar-refractivity contribution in [2.45, 2.75) is 37.9 Å². The van der Waals surface area contributed by atoms with Crippen molar-refractivity contribution < 1.29 is 23.0 Å². The summed E-state index contributed by atoms with van der Waals surface area (Å²) in [6.45, 7) is 3.12. The molecular formula is C28H23F3N4O2. The van der Waals surface area contributed by atoms with Crippen molar-refractivity contribution in [3.63, 3.8) is 0 Å². The third kappa shape index (κ3) is 3.75. The van der Waals surface area contributed by atoms with Crippen molar-refractivity contribution in [3.05, 3.63) is 53.4 Å². The minimum absolute atomic E-state index is 0.0132. The smallest absolute Gasteiger partial charge is 0.317 e. The first kappa shape index (κ1) is 23.5. The lowest BCUT2D eigenvalue weighted by atomic mass is 9.95. The quantitative estimate of drug-likeness (QED) is 0.391. The maximum absolute atomic E-state index is 16.0. The maximum Gasteiger partial charge on any atom is 0.317 e. The molecule has 0 radical (unpaired) electrons. The SMILES string of the molecule is C#Cc1c(F)ccc2cc(O)cc(-c3ncc4c(C)nc(OCC56CCCN5CC(F)C6)nc4c3F)c12. The molecular weight excluding hydrogens is 481 g/mol. The van der Waals surface area contributed by atoms with E-state index in [0.717, 1.165) is 19.4 Å². The van der Waals surface area contributed by atoms with E-state index in [1.54, 1.807) is 6.92 Å². The number of phenolic OH excluding ortho intramolecular Hbond substituents is 1. The number of hydrogen-bond acceptors (Lipinski definition) is 6. The Bertz CT molecular complexity index is 1620. The van der Waals surface area contributed by atoms with Crippen LogP contribution < -0.4 is 4.74 Å². The van der Waals surface area contributed by atoms with Gasteiger partial charge in [0, 0.05) is 35.5 Å². The molecule has 2 aromatic heterocycles. The average molecular weight is 505 g/mol. The number of ether oxygens (including phenoxy) is 1. The predicted octanol–water partition coefficient (Wildman–Crippen LogP) is 5.07. The van der Waals surface area contributed by atoms with Crippen LogP contribution in [0.4, 0.5) is 13.2 Å². The van der Waals surface area contributed by atoms with Gasteiger partial charge in [0.05, 0.1) is 16.8 Å². The molecule has 9 heteroatoms. The number of pyridine rings is 1. The molecule has 2 unspecified atom stereocenters. The van der Waals surface area contributed by atoms with Crippen LogP contribution >= 0.6 is 0 Å². The number of benzene rings is 2. The number of phenols is 1. The number of rotatable bonds is 4. The van der Waals surface area contributed by atoms with Gasteiger partial charge >= 0.3 is 6.01 Å². The molecule has 2 saturated heterocycles. The highest BCUT2D eigenvalue weighted by Gasteiger charge is 2.49. The number of halogens is 3. The second-order valence-electron chi connectivity index (χ2n) is 9.80. The van der Waals surface area contributed by atoms with Crippen LogP contribution in [0.1, 0.15) is 30.5 Å². The lowest BCUT2D eigenvalue weighted by Crippen LogP contribution is -2.43. The van der Waals surface area contributed by atoms with Gasteiger partial charge in [0.25, 0.3) is 0 Å². The Kier molecular flexibility index (Phi) is 5.46. The van der Waals surface area contributed by atoms with Gasteiger partial charge in [0.15, 0.2) is 5.82 Å². The molecule has 4 heterocycles. The number of alkyl halides is 1. The molecule has 2 fully saturated rings. The highest BCUT2D eigenvalue weighted by Crippen LogP contribution is 2.41. The van der Waals surface area contributed by atoms with Gasteiger partial charge in [-0.15, -0.1) is 6.42 Å². The number of aryl methyl sites for hydroxylation is 1. The van der Waals surface area contributed by atoms with E-state index < -0.39 is 23.3 Å². The highest BCUT2D eigenvalue weighted by atomic mass is 19.1. The number of aromatic nitrogens is 3. The Morgan fingerprint density at radius 2 is 2.11 bits per heavy atom. The normalized spacial score (nSPS) is 21.4. The summed E-state index contributed by atoms with van der Waals surface area (Å²) >= 11 is 0. The minimum atomic E-state index is -0.899. The molecule has 1 N–H and O–H groups in total. The molecule has 2 atom stereocenters. The Labute approximate surface area is 211 Å². The largest absolute Gasteiger partial charge is 0.508 e. The Morgan fingerprint density at radius 1 is 1.27 bits per heavy atom. The number of aromatic hydroxyl groups is 1. The molecule has 4 aromatic rings. The second-order valence-corrected chi connectivity index (χ2v) is 9.80. The summed E-state index contributed by atoms with van der Waals surface area (Å²) in [6, 6.07) is 5.37. The molecule has 0 saturated carbocycles. The van der Waals surface area contributed by atoms with Gasteiger partial charge in [0.1, 0.15) is 35.6 Å². The summed E-state index contributed by atoms with van der Waals surface area (Å²) in [6.07, 6.45) is 8.28. The van der Waals surface area contributed by atoms with Gasteiger partial charge in [-0.1, -0.05) is 12.0 Å². The van der Waals surface area contributed by atoms with Crippen LogP contribution in [-0.4, -0.2) is 56.4 Å². The van der Waals surface area contributed by atoms with Crippen LogP contribution in [0.25, 0.3) is 32.9 Å². The van der Waals surface area contributed by atoms with Crippen LogP contribution in [0.5, 0.6) is 11.8 Å². The Hall–Kier alpha value is -3.90. The molecule has 2 aromatic carbocycles. The van der Waals surface area contributed by atoms with Crippen molar-refractivity contribution in [2.75, 3.05) is 19.7 Å². The Balaban J connectivity index is 1.45. The molecule has 0 spiro atoms. The van der Waals surface area contributed by atoms with Crippen LogP contribution in [0.2, 0.25) is 0 Å². The van der Waals surface area contributed by atoms with Gasteiger partial charge in [0.2, 0.25) is 0 Å². The van der Waals surface area contributed by atoms with Gasteiger partial charge in [-0.3, -0.25) is 9.88 Å². The molecule has 0 bridgehead atoms. The fourth-order valence-electron chi connectivity index (χ4n) is 5.83. The molecule has 6 nitrogen and oxygen atoms in total. The zero-order valence-electron chi connectivity index (χ0n) is 20.1. The van der Waals surface area contributed by atoms with E-state index in [1.165, 1.54) is 30.5 Å². The second kappa shape index (κ2) is 8.60. The third-order valence-corrected chi connectivity index (χ3v) is 7.54. The standard InChI is InChI=1S/C28H23F3N4O2/c1-3-19-22(30)6-5-16-9-18(36)10-20(23(16)19)25-24(31)26-21(12-32-25)15(2)33-27(34-26)37-14-28-7-4-8-35(28)13-17(29)11-28/h1,5-6,9-10,12,17,36H,4,7-8,11,13-14H2,2H3. The van der Waals surface area contributed by atoms with Crippen LogP contribution in [0, 0.1) is 30.9 Å². The Morgan fingerprint density at radius 3 is 2.92 bits per heavy atom. The fourth-order valence-corrected chi connectivity index (χ4v) is 5.83. The molecule has 2 aliphatic heterocycles. The summed E-state index contributed by atoms with van der Waals surface area (Å²) in [5.74, 6) is 0.756. The van der Waals surface area contributed by atoms with Crippen molar-refractivity contribution >= 4 is 21.7 Å². The van der Waals surface area contributed by atoms with Crippen molar-refractivity contribution in [2.24, 2.45) is 0 Å². The van der Waals surface area contributed by atoms with Gasteiger partial charge in [-0.25, -0.2) is 13.2 Å². The van der Waals surface area contributed by atoms with Gasteiger partial charge in [-0.05, 0) is 49.9 Å². The number of terminal acetylenes is 1. The van der Waals surface area contributed by atoms with E-state index in [4.69, 9.17) is 11.2 Å². The fraction of sp³-hybridized carbons (Fsp3) is 0.321. The minimum Gasteiger partial charge on any atom is -0.508 e. The summed E-state index contributed by atoms with van der Waals surface area (Å²) < 4.78 is 50.6. The molecule has 6 rings (SSSR count). The molecule has 0 aliphatic carbocycles. The monoisotopic (exact) mass is 504 g/mol. The first-order valence-electron chi connectivity index (χ1n) is 12.1. The molecule has 188 valence electrons. The number of fused-ring (bicyclic) bond motifs is 3. The van der Waals surface area contributed by atoms with E-state index in [9.17, 15) is 13.9 Å². The van der Waals surface area contributed by atoms with E-state index in [1.807, 2.05) is 0 Å². The lowest BCUT2D eigenvalue weighted by Gasteiger charge is -2.30. The molecule has 37 heavy (non-hydrogen) atoms. The van der Waals surface area contributed by atoms with E-state index in [-0.39, 0.29) is 46.1 Å². The van der Waals surface area contributed by atoms with Crippen LogP contribution in [0.3, 0.4) is 0 Å². The summed E-state index contributed by atoms with van der Waals surface area (Å²) in [4.78, 5) is 15.1. The van der Waals surface area contributed by atoms with E-state index in [2.05, 4.69) is 25.8 Å². The van der Waals surface area contributed by atoms with Crippen molar-refractivity contribution in [3.8, 4) is 35.4 Å². The third-order valence-electron chi connectivity index (χ3n) is 7.54. The average Bonchev–Trinajstić information content (AvgIpc) is 3.39. The first-order valence-corrected chi connectivity index (χ1v) is 12.1. The van der Waals surface area contributed by atoms with Gasteiger partial charge in [-0.2, -0.15) is 9.97 Å². The first-order chi connectivity index (χ1) is 17.8.